The summed E-state index contributed by atoms with van der Waals surface area (Å²) in [6.45, 7) is 6.19. The number of carbonyl (C=O) groups excluding carboxylic acids is 1. The summed E-state index contributed by atoms with van der Waals surface area (Å²) in [7, 11) is 1.42. The molecule has 0 aromatic rings. The lowest BCUT2D eigenvalue weighted by Crippen LogP contribution is -2.24. The van der Waals surface area contributed by atoms with Crippen LogP contribution in [0.25, 0.3) is 0 Å². The van der Waals surface area contributed by atoms with E-state index >= 15 is 0 Å². The topological polar surface area (TPSA) is 50.1 Å². The molecule has 0 heterocycles. The Morgan fingerprint density at radius 3 is 2.56 bits per heavy atom. The van der Waals surface area contributed by atoms with Gasteiger partial charge in [0.1, 0.15) is 0 Å². The molecular weight excluding hydrogens is 202 g/mol. The maximum atomic E-state index is 11.4. The molecule has 0 spiro atoms. The van der Waals surface area contributed by atoms with Crippen LogP contribution in [0.15, 0.2) is 0 Å². The van der Waals surface area contributed by atoms with E-state index < -0.39 is 0 Å². The van der Waals surface area contributed by atoms with Crippen molar-refractivity contribution >= 4 is 5.97 Å². The molecule has 0 aromatic heterocycles. The van der Waals surface area contributed by atoms with E-state index in [0.717, 1.165) is 25.7 Å². The third-order valence-electron chi connectivity index (χ3n) is 3.10. The van der Waals surface area contributed by atoms with Crippen LogP contribution in [0.3, 0.4) is 0 Å². The molecule has 16 heavy (non-hydrogen) atoms. The lowest BCUT2D eigenvalue weighted by atomic mass is 9.75. The standard InChI is InChI=1S/C13H23NO2/c1-5-7-13(3,8-6-9-14)10-11(2)12(15)16-4/h11H,5-8,10H2,1-4H3. The molecule has 0 saturated carbocycles. The number of hydrogen-bond acceptors (Lipinski definition) is 3. The van der Waals surface area contributed by atoms with Crippen LogP contribution in [0.5, 0.6) is 0 Å². The summed E-state index contributed by atoms with van der Waals surface area (Å²) in [5.41, 5.74) is 0.0814. The highest BCUT2D eigenvalue weighted by atomic mass is 16.5. The highest BCUT2D eigenvalue weighted by molar-refractivity contribution is 5.71. The van der Waals surface area contributed by atoms with Crippen molar-refractivity contribution < 1.29 is 9.53 Å². The Labute approximate surface area is 98.8 Å². The summed E-state index contributed by atoms with van der Waals surface area (Å²) in [4.78, 5) is 11.4. The first-order chi connectivity index (χ1) is 7.49. The van der Waals surface area contributed by atoms with Gasteiger partial charge in [-0.25, -0.2) is 0 Å². The van der Waals surface area contributed by atoms with E-state index in [1.54, 1.807) is 0 Å². The van der Waals surface area contributed by atoms with Crippen molar-refractivity contribution in [1.29, 1.82) is 5.26 Å². The molecule has 3 nitrogen and oxygen atoms in total. The van der Waals surface area contributed by atoms with Gasteiger partial charge in [-0.2, -0.15) is 5.26 Å². The quantitative estimate of drug-likeness (QED) is 0.625. The Bertz CT molecular complexity index is 257. The van der Waals surface area contributed by atoms with Crippen LogP contribution in [-0.2, 0) is 9.53 Å². The molecule has 0 N–H and O–H groups in total. The summed E-state index contributed by atoms with van der Waals surface area (Å²) < 4.78 is 4.74. The highest BCUT2D eigenvalue weighted by Gasteiger charge is 2.28. The van der Waals surface area contributed by atoms with Crippen molar-refractivity contribution in [2.45, 2.75) is 52.9 Å². The average Bonchev–Trinajstić information content (AvgIpc) is 2.25. The number of esters is 1. The van der Waals surface area contributed by atoms with Crippen molar-refractivity contribution in [2.24, 2.45) is 11.3 Å². The largest absolute Gasteiger partial charge is 0.469 e. The van der Waals surface area contributed by atoms with E-state index in [-0.39, 0.29) is 17.3 Å². The van der Waals surface area contributed by atoms with Crippen LogP contribution in [-0.4, -0.2) is 13.1 Å². The first-order valence-corrected chi connectivity index (χ1v) is 5.94. The van der Waals surface area contributed by atoms with Crippen molar-refractivity contribution in [3.63, 3.8) is 0 Å². The van der Waals surface area contributed by atoms with Crippen molar-refractivity contribution in [3.05, 3.63) is 0 Å². The van der Waals surface area contributed by atoms with Gasteiger partial charge >= 0.3 is 5.97 Å². The van der Waals surface area contributed by atoms with E-state index in [2.05, 4.69) is 19.9 Å². The number of carbonyl (C=O) groups is 1. The predicted octanol–water partition coefficient (Wildman–Crippen LogP) is 3.30. The van der Waals surface area contributed by atoms with Crippen LogP contribution >= 0.6 is 0 Å². The number of ether oxygens (including phenoxy) is 1. The fourth-order valence-corrected chi connectivity index (χ4v) is 2.31. The second-order valence-electron chi connectivity index (χ2n) is 4.85. The number of hydrogen-bond donors (Lipinski definition) is 0. The van der Waals surface area contributed by atoms with Gasteiger partial charge in [0.15, 0.2) is 0 Å². The maximum Gasteiger partial charge on any atom is 0.308 e. The highest BCUT2D eigenvalue weighted by Crippen LogP contribution is 2.36. The monoisotopic (exact) mass is 225 g/mol. The van der Waals surface area contributed by atoms with Gasteiger partial charge in [0, 0.05) is 6.42 Å². The molecule has 2 atom stereocenters. The zero-order valence-electron chi connectivity index (χ0n) is 10.9. The van der Waals surface area contributed by atoms with Gasteiger partial charge in [0.2, 0.25) is 0 Å². The number of nitriles is 1. The van der Waals surface area contributed by atoms with E-state index in [4.69, 9.17) is 10.00 Å². The normalized spacial score (nSPS) is 15.9. The van der Waals surface area contributed by atoms with Gasteiger partial charge < -0.3 is 4.74 Å². The minimum atomic E-state index is -0.153. The Morgan fingerprint density at radius 2 is 2.12 bits per heavy atom. The summed E-state index contributed by atoms with van der Waals surface area (Å²) >= 11 is 0. The van der Waals surface area contributed by atoms with E-state index in [0.29, 0.717) is 6.42 Å². The van der Waals surface area contributed by atoms with Gasteiger partial charge in [-0.3, -0.25) is 4.79 Å². The number of rotatable bonds is 7. The Hall–Kier alpha value is -1.04. The summed E-state index contributed by atoms with van der Waals surface area (Å²) in [5.74, 6) is -0.237. The summed E-state index contributed by atoms with van der Waals surface area (Å²) in [6, 6.07) is 2.18. The zero-order chi connectivity index (χ0) is 12.6. The third kappa shape index (κ3) is 5.16. The molecule has 92 valence electrons. The molecule has 0 aliphatic rings. The first-order valence-electron chi connectivity index (χ1n) is 5.94. The first kappa shape index (κ1) is 15.0. The minimum absolute atomic E-state index is 0.0814. The van der Waals surface area contributed by atoms with Crippen LogP contribution < -0.4 is 0 Å². The van der Waals surface area contributed by atoms with Gasteiger partial charge in [-0.15, -0.1) is 0 Å². The molecule has 0 amide bonds. The van der Waals surface area contributed by atoms with Crippen LogP contribution in [0.4, 0.5) is 0 Å². The second kappa shape index (κ2) is 7.27. The molecular formula is C13H23NO2. The molecule has 0 bridgehead atoms. The van der Waals surface area contributed by atoms with Crippen LogP contribution in [0.2, 0.25) is 0 Å². The molecule has 0 fully saturated rings. The summed E-state index contributed by atoms with van der Waals surface area (Å²) in [5, 5.41) is 8.65. The van der Waals surface area contributed by atoms with Gasteiger partial charge in [0.05, 0.1) is 19.1 Å². The van der Waals surface area contributed by atoms with Crippen molar-refractivity contribution in [1.82, 2.24) is 0 Å². The lowest BCUT2D eigenvalue weighted by Gasteiger charge is -2.30. The molecule has 2 unspecified atom stereocenters. The smallest absolute Gasteiger partial charge is 0.308 e. The Morgan fingerprint density at radius 1 is 1.50 bits per heavy atom. The van der Waals surface area contributed by atoms with Crippen LogP contribution in [0.1, 0.15) is 52.9 Å². The molecule has 0 aliphatic heterocycles. The van der Waals surface area contributed by atoms with Gasteiger partial charge in [-0.1, -0.05) is 27.2 Å². The van der Waals surface area contributed by atoms with Gasteiger partial charge in [-0.05, 0) is 24.7 Å². The number of nitrogens with zero attached hydrogens (tertiary/aromatic N) is 1. The van der Waals surface area contributed by atoms with Gasteiger partial charge in [0.25, 0.3) is 0 Å². The Balaban J connectivity index is 4.41. The zero-order valence-corrected chi connectivity index (χ0v) is 10.9. The molecule has 0 rings (SSSR count). The van der Waals surface area contributed by atoms with Crippen LogP contribution in [0, 0.1) is 22.7 Å². The molecule has 0 saturated heterocycles. The molecule has 3 heteroatoms. The van der Waals surface area contributed by atoms with Crippen molar-refractivity contribution in [3.8, 4) is 6.07 Å². The van der Waals surface area contributed by atoms with E-state index in [1.165, 1.54) is 7.11 Å². The molecule has 0 radical (unpaired) electrons. The Kier molecular flexibility index (Phi) is 6.80. The lowest BCUT2D eigenvalue weighted by molar-refractivity contribution is -0.146. The summed E-state index contributed by atoms with van der Waals surface area (Å²) in [6.07, 6.45) is 4.35. The average molecular weight is 225 g/mol. The molecule has 0 aliphatic carbocycles. The fraction of sp³-hybridized carbons (Fsp3) is 0.846. The van der Waals surface area contributed by atoms with E-state index in [1.807, 2.05) is 6.92 Å². The van der Waals surface area contributed by atoms with Crippen molar-refractivity contribution in [2.75, 3.05) is 7.11 Å². The SMILES string of the molecule is CCCC(C)(CCC#N)CC(C)C(=O)OC. The second-order valence-corrected chi connectivity index (χ2v) is 4.85. The minimum Gasteiger partial charge on any atom is -0.469 e. The third-order valence-corrected chi connectivity index (χ3v) is 3.10. The van der Waals surface area contributed by atoms with E-state index in [9.17, 15) is 4.79 Å². The number of methoxy groups -OCH3 is 1. The maximum absolute atomic E-state index is 11.4. The predicted molar refractivity (Wildman–Crippen MR) is 63.7 cm³/mol. The fourth-order valence-electron chi connectivity index (χ4n) is 2.31. The molecule has 0 aromatic carbocycles.